The predicted molar refractivity (Wildman–Crippen MR) is 117 cm³/mol. The van der Waals surface area contributed by atoms with Gasteiger partial charge in [0.2, 0.25) is 0 Å². The molecule has 0 bridgehead atoms. The summed E-state index contributed by atoms with van der Waals surface area (Å²) >= 11 is 5.92. The van der Waals surface area contributed by atoms with Gasteiger partial charge in [-0.2, -0.15) is 0 Å². The van der Waals surface area contributed by atoms with Gasteiger partial charge in [0.1, 0.15) is 0 Å². The van der Waals surface area contributed by atoms with Crippen LogP contribution in [0.2, 0.25) is 5.02 Å². The van der Waals surface area contributed by atoms with E-state index in [4.69, 9.17) is 11.6 Å². The molecular formula is C23H27ClN4O. The number of benzene rings is 2. The Bertz CT molecular complexity index is 892. The van der Waals surface area contributed by atoms with Crippen molar-refractivity contribution in [1.29, 1.82) is 0 Å². The molecule has 0 unspecified atom stereocenters. The molecule has 1 aromatic heterocycles. The summed E-state index contributed by atoms with van der Waals surface area (Å²) in [6.45, 7) is 1.24. The van der Waals surface area contributed by atoms with E-state index >= 15 is 0 Å². The Morgan fingerprint density at radius 1 is 0.897 bits per heavy atom. The molecule has 0 saturated carbocycles. The van der Waals surface area contributed by atoms with Gasteiger partial charge in [0.15, 0.2) is 0 Å². The highest BCUT2D eigenvalue weighted by molar-refractivity contribution is 6.30. The molecule has 1 N–H and O–H groups in total. The van der Waals surface area contributed by atoms with Crippen LogP contribution < -0.4 is 0 Å². The van der Waals surface area contributed by atoms with Crippen LogP contribution in [-0.4, -0.2) is 46.4 Å². The summed E-state index contributed by atoms with van der Waals surface area (Å²) in [5, 5.41) is 0.701. The Hall–Kier alpha value is -2.79. The van der Waals surface area contributed by atoms with Gasteiger partial charge >= 0.3 is 6.03 Å². The van der Waals surface area contributed by atoms with Crippen LogP contribution in [-0.2, 0) is 25.8 Å². The van der Waals surface area contributed by atoms with Crippen molar-refractivity contribution in [2.45, 2.75) is 25.8 Å². The fourth-order valence-corrected chi connectivity index (χ4v) is 3.31. The molecular weight excluding hydrogens is 384 g/mol. The van der Waals surface area contributed by atoms with Crippen molar-refractivity contribution in [1.82, 2.24) is 19.8 Å². The summed E-state index contributed by atoms with van der Waals surface area (Å²) < 4.78 is 0. The fraction of sp³-hybridized carbons (Fsp3) is 0.304. The Kier molecular flexibility index (Phi) is 7.30. The molecule has 0 atom stereocenters. The second-order valence-electron chi connectivity index (χ2n) is 7.31. The molecule has 6 heteroatoms. The van der Waals surface area contributed by atoms with Crippen molar-refractivity contribution >= 4 is 17.6 Å². The second-order valence-corrected chi connectivity index (χ2v) is 7.75. The van der Waals surface area contributed by atoms with Crippen LogP contribution in [0.5, 0.6) is 0 Å². The zero-order chi connectivity index (χ0) is 20.6. The fourth-order valence-electron chi connectivity index (χ4n) is 3.19. The third-order valence-corrected chi connectivity index (χ3v) is 5.22. The summed E-state index contributed by atoms with van der Waals surface area (Å²) in [6, 6.07) is 16.2. The first kappa shape index (κ1) is 20.9. The lowest BCUT2D eigenvalue weighted by Crippen LogP contribution is -2.39. The Balaban J connectivity index is 1.44. The lowest BCUT2D eigenvalue weighted by atomic mass is 10.0. The van der Waals surface area contributed by atoms with Gasteiger partial charge in [0, 0.05) is 38.4 Å². The van der Waals surface area contributed by atoms with Crippen LogP contribution >= 0.6 is 11.6 Å². The van der Waals surface area contributed by atoms with E-state index in [-0.39, 0.29) is 6.03 Å². The smallest absolute Gasteiger partial charge is 0.319 e. The third kappa shape index (κ3) is 6.36. The molecule has 0 radical (unpaired) electrons. The molecule has 0 aliphatic heterocycles. The molecule has 29 heavy (non-hydrogen) atoms. The molecule has 0 saturated heterocycles. The van der Waals surface area contributed by atoms with Gasteiger partial charge < -0.3 is 14.8 Å². The number of aryl methyl sites for hydroxylation is 2. The van der Waals surface area contributed by atoms with E-state index in [9.17, 15) is 4.79 Å². The quantitative estimate of drug-likeness (QED) is 0.591. The summed E-state index contributed by atoms with van der Waals surface area (Å²) in [5.41, 5.74) is 4.67. The van der Waals surface area contributed by atoms with Gasteiger partial charge in [-0.1, -0.05) is 48.0 Å². The number of urea groups is 1. The maximum atomic E-state index is 12.6. The lowest BCUT2D eigenvalue weighted by molar-refractivity contribution is 0.171. The molecule has 0 spiro atoms. The number of nitrogens with zero attached hydrogens (tertiary/aromatic N) is 3. The highest BCUT2D eigenvalue weighted by Gasteiger charge is 2.14. The molecule has 1 heterocycles. The summed E-state index contributed by atoms with van der Waals surface area (Å²) in [4.78, 5) is 23.3. The molecule has 2 aromatic carbocycles. The van der Waals surface area contributed by atoms with E-state index in [0.29, 0.717) is 18.1 Å². The molecule has 2 amide bonds. The standard InChI is InChI=1S/C23H27ClN4O/c1-27(23(29)28(2)16-20-7-10-21(24)11-8-20)14-13-19-5-3-18(4-6-19)9-12-22-15-25-17-26-22/h3-8,10-11,15,17H,9,12-14,16H2,1-2H3,(H,25,26). The Labute approximate surface area is 177 Å². The largest absolute Gasteiger partial charge is 0.351 e. The number of nitrogens with one attached hydrogen (secondary N) is 1. The van der Waals surface area contributed by atoms with Gasteiger partial charge in [-0.05, 0) is 48.1 Å². The average Bonchev–Trinajstić information content (AvgIpc) is 3.26. The number of hydrogen-bond donors (Lipinski definition) is 1. The number of rotatable bonds is 8. The summed E-state index contributed by atoms with van der Waals surface area (Å²) in [5.74, 6) is 0. The maximum Gasteiger partial charge on any atom is 0.319 e. The van der Waals surface area contributed by atoms with Gasteiger partial charge in [-0.3, -0.25) is 0 Å². The first-order valence-electron chi connectivity index (χ1n) is 9.77. The van der Waals surface area contributed by atoms with Gasteiger partial charge in [0.05, 0.1) is 12.0 Å². The highest BCUT2D eigenvalue weighted by atomic mass is 35.5. The van der Waals surface area contributed by atoms with Crippen molar-refractivity contribution < 1.29 is 4.79 Å². The van der Waals surface area contributed by atoms with Gasteiger partial charge in [-0.15, -0.1) is 0 Å². The van der Waals surface area contributed by atoms with Crippen molar-refractivity contribution in [3.63, 3.8) is 0 Å². The van der Waals surface area contributed by atoms with Crippen LogP contribution in [0, 0.1) is 0 Å². The highest BCUT2D eigenvalue weighted by Crippen LogP contribution is 2.12. The minimum atomic E-state index is 0.00979. The minimum absolute atomic E-state index is 0.00979. The topological polar surface area (TPSA) is 52.2 Å². The van der Waals surface area contributed by atoms with Crippen molar-refractivity contribution in [3.05, 3.63) is 88.5 Å². The number of aromatic amines is 1. The van der Waals surface area contributed by atoms with E-state index in [2.05, 4.69) is 34.2 Å². The summed E-state index contributed by atoms with van der Waals surface area (Å²) in [7, 11) is 3.67. The predicted octanol–water partition coefficient (Wildman–Crippen LogP) is 4.57. The molecule has 152 valence electrons. The number of imidazole rings is 1. The Morgan fingerprint density at radius 3 is 2.14 bits per heavy atom. The van der Waals surface area contributed by atoms with E-state index in [1.807, 2.05) is 44.6 Å². The monoisotopic (exact) mass is 410 g/mol. The summed E-state index contributed by atoms with van der Waals surface area (Å²) in [6.07, 6.45) is 6.38. The maximum absolute atomic E-state index is 12.6. The van der Waals surface area contributed by atoms with E-state index in [1.165, 1.54) is 11.1 Å². The molecule has 0 fully saturated rings. The van der Waals surface area contributed by atoms with Crippen LogP contribution in [0.1, 0.15) is 22.4 Å². The number of halogens is 1. The van der Waals surface area contributed by atoms with E-state index < -0.39 is 0 Å². The van der Waals surface area contributed by atoms with E-state index in [1.54, 1.807) is 16.1 Å². The zero-order valence-electron chi connectivity index (χ0n) is 16.9. The van der Waals surface area contributed by atoms with Crippen molar-refractivity contribution in [3.8, 4) is 0 Å². The number of H-pyrrole nitrogens is 1. The number of amides is 2. The number of hydrogen-bond acceptors (Lipinski definition) is 2. The number of aromatic nitrogens is 2. The average molecular weight is 411 g/mol. The lowest BCUT2D eigenvalue weighted by Gasteiger charge is -2.25. The van der Waals surface area contributed by atoms with Gasteiger partial charge in [0.25, 0.3) is 0 Å². The minimum Gasteiger partial charge on any atom is -0.351 e. The first-order chi connectivity index (χ1) is 14.0. The molecule has 0 aliphatic carbocycles. The number of carbonyl (C=O) groups excluding carboxylic acids is 1. The molecule has 3 rings (SSSR count). The van der Waals surface area contributed by atoms with Crippen LogP contribution in [0.3, 0.4) is 0 Å². The number of carbonyl (C=O) groups is 1. The second kappa shape index (κ2) is 10.1. The molecule has 0 aliphatic rings. The van der Waals surface area contributed by atoms with Crippen LogP contribution in [0.4, 0.5) is 4.79 Å². The molecule has 5 nitrogen and oxygen atoms in total. The third-order valence-electron chi connectivity index (χ3n) is 4.97. The molecule has 3 aromatic rings. The van der Waals surface area contributed by atoms with E-state index in [0.717, 1.165) is 30.5 Å². The zero-order valence-corrected chi connectivity index (χ0v) is 17.7. The van der Waals surface area contributed by atoms with Crippen LogP contribution in [0.25, 0.3) is 0 Å². The van der Waals surface area contributed by atoms with Crippen molar-refractivity contribution in [2.24, 2.45) is 0 Å². The normalized spacial score (nSPS) is 10.7. The first-order valence-corrected chi connectivity index (χ1v) is 10.1. The Morgan fingerprint density at radius 2 is 1.52 bits per heavy atom. The van der Waals surface area contributed by atoms with Gasteiger partial charge in [-0.25, -0.2) is 9.78 Å². The number of likely N-dealkylation sites (N-methyl/N-ethyl adjacent to an activating group) is 1. The van der Waals surface area contributed by atoms with Crippen molar-refractivity contribution in [2.75, 3.05) is 20.6 Å². The SMILES string of the molecule is CN(CCc1ccc(CCc2c[nH]cn2)cc1)C(=O)N(C)Cc1ccc(Cl)cc1. The van der Waals surface area contributed by atoms with Crippen LogP contribution in [0.15, 0.2) is 61.1 Å².